The van der Waals surface area contributed by atoms with Crippen LogP contribution in [0.15, 0.2) is 146 Å². The highest BCUT2D eigenvalue weighted by molar-refractivity contribution is 5.72. The molecule has 14 nitrogen and oxygen atoms in total. The van der Waals surface area contributed by atoms with E-state index in [9.17, 15) is 51.1 Å². The number of phenolic OH excluding ortho intramolecular Hbond substituents is 10. The summed E-state index contributed by atoms with van der Waals surface area (Å²) in [6, 6.07) is 33.9. The Morgan fingerprint density at radius 3 is 0.943 bits per heavy atom. The molecule has 12 N–H and O–H groups in total. The number of rotatable bonds is 5. The van der Waals surface area contributed by atoms with Crippen LogP contribution in [0.1, 0.15) is 103 Å². The first kappa shape index (κ1) is 42.6. The van der Waals surface area contributed by atoms with E-state index in [1.165, 1.54) is 109 Å². The number of fused-ring (bicyclic) bond motifs is 4. The van der Waals surface area contributed by atoms with Gasteiger partial charge in [0.2, 0.25) is 0 Å². The Labute approximate surface area is 397 Å². The molecular weight excluding hydrogens is 897 g/mol. The third kappa shape index (κ3) is 5.93. The van der Waals surface area contributed by atoms with Crippen LogP contribution in [-0.2, 0) is 11.2 Å². The molecule has 2 aliphatic carbocycles. The van der Waals surface area contributed by atoms with Gasteiger partial charge >= 0.3 is 0 Å². The average molecular weight is 939 g/mol. The SMILES string of the molecule is Oc1ccc(C2Oc3cc(O)cc4c3C2c2cc(O)cc(O)c2C(c2ccc(O)cc2)C4(O)C2(O)c3cc(O)cc4c3C(c3cc(O)cc(O)c3C2c2ccc(O)cc2)C(c2ccc(O)cc2)O4)cc1. The second-order valence-electron chi connectivity index (χ2n) is 18.5. The van der Waals surface area contributed by atoms with Crippen LogP contribution in [0, 0.1) is 0 Å². The molecule has 0 aromatic heterocycles. The van der Waals surface area contributed by atoms with Gasteiger partial charge in [-0.3, -0.25) is 0 Å². The van der Waals surface area contributed by atoms with Crippen LogP contribution in [0.4, 0.5) is 0 Å². The minimum Gasteiger partial charge on any atom is -0.508 e. The van der Waals surface area contributed by atoms with Gasteiger partial charge in [-0.2, -0.15) is 0 Å². The molecule has 350 valence electrons. The van der Waals surface area contributed by atoms with Crippen molar-refractivity contribution in [3.05, 3.63) is 212 Å². The molecule has 70 heavy (non-hydrogen) atoms. The van der Waals surface area contributed by atoms with Crippen molar-refractivity contribution in [1.29, 1.82) is 0 Å². The summed E-state index contributed by atoms with van der Waals surface area (Å²) in [5, 5.41) is 145. The normalized spacial score (nSPS) is 24.5. The Morgan fingerprint density at radius 2 is 0.614 bits per heavy atom. The van der Waals surface area contributed by atoms with E-state index >= 15 is 10.2 Å². The Kier molecular flexibility index (Phi) is 9.07. The molecule has 2 heterocycles. The van der Waals surface area contributed by atoms with Crippen molar-refractivity contribution in [2.75, 3.05) is 0 Å². The zero-order valence-electron chi connectivity index (χ0n) is 36.5. The maximum atomic E-state index is 15.3. The van der Waals surface area contributed by atoms with E-state index in [4.69, 9.17) is 9.47 Å². The van der Waals surface area contributed by atoms with Crippen molar-refractivity contribution in [2.24, 2.45) is 0 Å². The molecule has 0 fully saturated rings. The fraction of sp³-hybridized carbons (Fsp3) is 0.143. The molecule has 0 radical (unpaired) electrons. The van der Waals surface area contributed by atoms with E-state index in [0.29, 0.717) is 11.1 Å². The predicted octanol–water partition coefficient (Wildman–Crippen LogP) is 8.64. The van der Waals surface area contributed by atoms with Gasteiger partial charge in [-0.05, 0) is 117 Å². The van der Waals surface area contributed by atoms with Gasteiger partial charge in [-0.15, -0.1) is 0 Å². The number of hydrogen-bond acceptors (Lipinski definition) is 14. The fourth-order valence-corrected chi connectivity index (χ4v) is 12.1. The van der Waals surface area contributed by atoms with E-state index in [2.05, 4.69) is 0 Å². The standard InChI is InChI=1S/C56H42O14/c57-29-9-1-25(2-10-29)51-45-37(17-33(61)21-41(45)65)47-49-39(19-35(63)23-43(49)69-53(47)27-5-13-31(59)14-6-27)55(51,67)56(68)40-20-36(64)24-44-50(40)48(54(70-44)28-7-15-32(60)16-8-28)38-18-34(62)22-42(66)46(38)52(56)26-3-11-30(58)12-4-26/h1-24,47-48,51-54,57-68H. The fourth-order valence-electron chi connectivity index (χ4n) is 12.1. The first-order valence-electron chi connectivity index (χ1n) is 22.3. The third-order valence-electron chi connectivity index (χ3n) is 14.7. The molecule has 12 rings (SSSR count). The number of ether oxygens (including phenoxy) is 2. The molecule has 8 aromatic carbocycles. The molecule has 8 aromatic rings. The van der Waals surface area contributed by atoms with Gasteiger partial charge in [0.1, 0.15) is 92.4 Å². The van der Waals surface area contributed by atoms with E-state index in [1.807, 2.05) is 0 Å². The topological polar surface area (TPSA) is 261 Å². The first-order chi connectivity index (χ1) is 33.5. The Balaban J connectivity index is 1.30. The number of hydrogen-bond donors (Lipinski definition) is 12. The number of aromatic hydroxyl groups is 10. The van der Waals surface area contributed by atoms with Gasteiger partial charge < -0.3 is 70.8 Å². The highest BCUT2D eigenvalue weighted by Crippen LogP contribution is 2.71. The van der Waals surface area contributed by atoms with Crippen LogP contribution in [-0.4, -0.2) is 61.3 Å². The Bertz CT molecular complexity index is 3220. The maximum absolute atomic E-state index is 15.3. The Morgan fingerprint density at radius 1 is 0.314 bits per heavy atom. The molecule has 8 unspecified atom stereocenters. The molecule has 0 bridgehead atoms. The summed E-state index contributed by atoms with van der Waals surface area (Å²) < 4.78 is 13.5. The smallest absolute Gasteiger partial charge is 0.135 e. The van der Waals surface area contributed by atoms with E-state index < -0.39 is 70.1 Å². The Hall–Kier alpha value is -8.72. The van der Waals surface area contributed by atoms with Crippen LogP contribution < -0.4 is 9.47 Å². The van der Waals surface area contributed by atoms with Crippen LogP contribution in [0.25, 0.3) is 0 Å². The third-order valence-corrected chi connectivity index (χ3v) is 14.7. The van der Waals surface area contributed by atoms with Crippen molar-refractivity contribution >= 4 is 0 Å². The molecule has 14 heteroatoms. The minimum atomic E-state index is -2.98. The molecule has 0 spiro atoms. The summed E-state index contributed by atoms with van der Waals surface area (Å²) in [6.45, 7) is 0. The van der Waals surface area contributed by atoms with Crippen LogP contribution in [0.5, 0.6) is 69.0 Å². The second-order valence-corrected chi connectivity index (χ2v) is 18.5. The van der Waals surface area contributed by atoms with Gasteiger partial charge in [0.15, 0.2) is 0 Å². The van der Waals surface area contributed by atoms with Crippen molar-refractivity contribution in [1.82, 2.24) is 0 Å². The van der Waals surface area contributed by atoms with Crippen molar-refractivity contribution in [2.45, 2.75) is 47.1 Å². The molecule has 4 aliphatic rings. The van der Waals surface area contributed by atoms with Gasteiger partial charge in [0.25, 0.3) is 0 Å². The highest BCUT2D eigenvalue weighted by atomic mass is 16.5. The summed E-state index contributed by atoms with van der Waals surface area (Å²) in [7, 11) is 0. The van der Waals surface area contributed by atoms with Gasteiger partial charge in [-0.25, -0.2) is 0 Å². The summed E-state index contributed by atoms with van der Waals surface area (Å²) in [5.74, 6) is -8.50. The van der Waals surface area contributed by atoms with Crippen LogP contribution in [0.3, 0.4) is 0 Å². The molecule has 0 saturated carbocycles. The summed E-state index contributed by atoms with van der Waals surface area (Å²) in [5.41, 5.74) is -4.10. The zero-order valence-corrected chi connectivity index (χ0v) is 36.5. The number of benzene rings is 8. The lowest BCUT2D eigenvalue weighted by Gasteiger charge is -2.53. The molecule has 8 atom stereocenters. The zero-order chi connectivity index (χ0) is 48.7. The van der Waals surface area contributed by atoms with E-state index in [1.54, 1.807) is 24.3 Å². The molecule has 2 aliphatic heterocycles. The monoisotopic (exact) mass is 938 g/mol. The second kappa shape index (κ2) is 14.9. The lowest BCUT2D eigenvalue weighted by atomic mass is 9.56. The van der Waals surface area contributed by atoms with Crippen molar-refractivity contribution in [3.63, 3.8) is 0 Å². The van der Waals surface area contributed by atoms with E-state index in [0.717, 1.165) is 12.1 Å². The maximum Gasteiger partial charge on any atom is 0.135 e. The molecular formula is C56H42O14. The van der Waals surface area contributed by atoms with Gasteiger partial charge in [-0.1, -0.05) is 48.5 Å². The van der Waals surface area contributed by atoms with Crippen molar-refractivity contribution < 1.29 is 70.8 Å². The van der Waals surface area contributed by atoms with Gasteiger partial charge in [0.05, 0.1) is 11.8 Å². The van der Waals surface area contributed by atoms with Crippen molar-refractivity contribution in [3.8, 4) is 69.0 Å². The minimum absolute atomic E-state index is 0.0317. The molecule has 0 amide bonds. The van der Waals surface area contributed by atoms with Crippen LogP contribution >= 0.6 is 0 Å². The summed E-state index contributed by atoms with van der Waals surface area (Å²) in [6.07, 6.45) is -2.06. The average Bonchev–Trinajstić information content (AvgIpc) is 3.84. The highest BCUT2D eigenvalue weighted by Gasteiger charge is 2.68. The number of aliphatic hydroxyl groups is 2. The summed E-state index contributed by atoms with van der Waals surface area (Å²) in [4.78, 5) is 0. The quantitative estimate of drug-likeness (QED) is 0.0771. The van der Waals surface area contributed by atoms with Crippen LogP contribution in [0.2, 0.25) is 0 Å². The largest absolute Gasteiger partial charge is 0.508 e. The predicted molar refractivity (Wildman–Crippen MR) is 250 cm³/mol. The van der Waals surface area contributed by atoms with Gasteiger partial charge in [0, 0.05) is 58.4 Å². The lowest BCUT2D eigenvalue weighted by molar-refractivity contribution is -0.183. The first-order valence-corrected chi connectivity index (χ1v) is 22.3. The lowest BCUT2D eigenvalue weighted by Crippen LogP contribution is -2.57. The molecule has 0 saturated heterocycles. The van der Waals surface area contributed by atoms with E-state index in [-0.39, 0.29) is 102 Å². The summed E-state index contributed by atoms with van der Waals surface area (Å²) >= 11 is 0. The number of phenols is 10.